The van der Waals surface area contributed by atoms with Gasteiger partial charge in [0.2, 0.25) is 10.0 Å². The number of sulfonamides is 1. The van der Waals surface area contributed by atoms with Gasteiger partial charge in [-0.15, -0.1) is 0 Å². The summed E-state index contributed by atoms with van der Waals surface area (Å²) in [5.41, 5.74) is 6.79. The second-order valence-electron chi connectivity index (χ2n) is 6.47. The van der Waals surface area contributed by atoms with Crippen LogP contribution in [0, 0.1) is 0 Å². The number of benzene rings is 2. The Morgan fingerprint density at radius 3 is 2.19 bits per heavy atom. The number of anilines is 2. The molecule has 1 heterocycles. The molecule has 0 atom stereocenters. The normalized spacial score (nSPS) is 15.8. The lowest BCUT2D eigenvalue weighted by Gasteiger charge is -2.28. The van der Waals surface area contributed by atoms with Gasteiger partial charge < -0.3 is 4.90 Å². The van der Waals surface area contributed by atoms with Crippen molar-refractivity contribution < 1.29 is 8.42 Å². The van der Waals surface area contributed by atoms with Crippen LogP contribution in [-0.4, -0.2) is 27.2 Å². The lowest BCUT2D eigenvalue weighted by Crippen LogP contribution is -2.29. The minimum atomic E-state index is -3.67. The van der Waals surface area contributed by atoms with Crippen LogP contribution in [-0.2, 0) is 10.0 Å². The molecular formula is C19H24N4O2S. The van der Waals surface area contributed by atoms with Crippen LogP contribution >= 0.6 is 0 Å². The van der Waals surface area contributed by atoms with Crippen molar-refractivity contribution in [3.05, 3.63) is 54.1 Å². The maximum Gasteiger partial charge on any atom is 0.238 e. The first-order chi connectivity index (χ1) is 12.4. The zero-order chi connectivity index (χ0) is 18.6. The Balaban J connectivity index is 1.65. The first-order valence-corrected chi connectivity index (χ1v) is 10.3. The van der Waals surface area contributed by atoms with Gasteiger partial charge >= 0.3 is 0 Å². The molecule has 1 aliphatic heterocycles. The molecule has 1 fully saturated rings. The summed E-state index contributed by atoms with van der Waals surface area (Å²) in [7, 11) is -3.67. The SMILES string of the molecule is C/C(=N\Nc1ccc(S(N)(=O)=O)cc1)c1ccc(N2CCCCC2)cc1. The van der Waals surface area contributed by atoms with Crippen molar-refractivity contribution in [2.24, 2.45) is 10.2 Å². The Morgan fingerprint density at radius 2 is 1.62 bits per heavy atom. The van der Waals surface area contributed by atoms with Gasteiger partial charge in [-0.25, -0.2) is 13.6 Å². The molecule has 0 amide bonds. The number of nitrogens with one attached hydrogen (secondary N) is 1. The smallest absolute Gasteiger partial charge is 0.238 e. The highest BCUT2D eigenvalue weighted by atomic mass is 32.2. The van der Waals surface area contributed by atoms with Gasteiger partial charge in [-0.1, -0.05) is 12.1 Å². The third-order valence-electron chi connectivity index (χ3n) is 4.54. The Kier molecular flexibility index (Phi) is 5.58. The van der Waals surface area contributed by atoms with Gasteiger partial charge in [0.05, 0.1) is 16.3 Å². The molecular weight excluding hydrogens is 348 g/mol. The van der Waals surface area contributed by atoms with E-state index >= 15 is 0 Å². The molecule has 1 aliphatic rings. The van der Waals surface area contributed by atoms with E-state index in [-0.39, 0.29) is 4.90 Å². The fourth-order valence-corrected chi connectivity index (χ4v) is 3.51. The molecule has 0 aromatic heterocycles. The Hall–Kier alpha value is -2.38. The number of nitrogens with zero attached hydrogens (tertiary/aromatic N) is 2. The average Bonchev–Trinajstić information content (AvgIpc) is 2.66. The molecule has 26 heavy (non-hydrogen) atoms. The Morgan fingerprint density at radius 1 is 1.00 bits per heavy atom. The lowest BCUT2D eigenvalue weighted by molar-refractivity contribution is 0.578. The summed E-state index contributed by atoms with van der Waals surface area (Å²) in [6.07, 6.45) is 3.84. The Labute approximate surface area is 154 Å². The number of hydrogen-bond donors (Lipinski definition) is 2. The van der Waals surface area contributed by atoms with Crippen LogP contribution in [0.15, 0.2) is 58.5 Å². The molecule has 0 bridgehead atoms. The van der Waals surface area contributed by atoms with E-state index in [4.69, 9.17) is 5.14 Å². The highest BCUT2D eigenvalue weighted by molar-refractivity contribution is 7.89. The molecule has 2 aromatic rings. The van der Waals surface area contributed by atoms with Gasteiger partial charge in [0, 0.05) is 18.8 Å². The fraction of sp³-hybridized carbons (Fsp3) is 0.316. The molecule has 0 saturated carbocycles. The summed E-state index contributed by atoms with van der Waals surface area (Å²) in [5, 5.41) is 9.46. The van der Waals surface area contributed by atoms with Crippen LogP contribution in [0.25, 0.3) is 0 Å². The van der Waals surface area contributed by atoms with E-state index in [0.29, 0.717) is 5.69 Å². The van der Waals surface area contributed by atoms with E-state index in [0.717, 1.165) is 24.4 Å². The zero-order valence-corrected chi connectivity index (χ0v) is 15.7. The summed E-state index contributed by atoms with van der Waals surface area (Å²) in [6.45, 7) is 4.19. The largest absolute Gasteiger partial charge is 0.372 e. The van der Waals surface area contributed by atoms with E-state index in [9.17, 15) is 8.42 Å². The maximum atomic E-state index is 11.3. The number of hydrogen-bond acceptors (Lipinski definition) is 5. The molecule has 0 radical (unpaired) electrons. The van der Waals surface area contributed by atoms with Crippen LogP contribution in [0.5, 0.6) is 0 Å². The third-order valence-corrected chi connectivity index (χ3v) is 5.47. The van der Waals surface area contributed by atoms with Crippen LogP contribution in [0.2, 0.25) is 0 Å². The molecule has 0 aliphatic carbocycles. The Bertz CT molecular complexity index is 869. The number of primary sulfonamides is 1. The van der Waals surface area contributed by atoms with Crippen LogP contribution < -0.4 is 15.5 Å². The molecule has 7 heteroatoms. The molecule has 3 rings (SSSR count). The highest BCUT2D eigenvalue weighted by Crippen LogP contribution is 2.20. The van der Waals surface area contributed by atoms with Crippen molar-refractivity contribution >= 4 is 27.1 Å². The van der Waals surface area contributed by atoms with Gasteiger partial charge in [0.15, 0.2) is 0 Å². The van der Waals surface area contributed by atoms with Crippen molar-refractivity contribution in [1.82, 2.24) is 0 Å². The minimum absolute atomic E-state index is 0.0806. The number of nitrogens with two attached hydrogens (primary N) is 1. The van der Waals surface area contributed by atoms with Gasteiger partial charge in [0.25, 0.3) is 0 Å². The molecule has 6 nitrogen and oxygen atoms in total. The standard InChI is InChI=1S/C19H24N4O2S/c1-15(21-22-17-7-11-19(12-8-17)26(20,24)25)16-5-9-18(10-6-16)23-13-3-2-4-14-23/h5-12,22H,2-4,13-14H2,1H3,(H2,20,24,25)/b21-15+. The minimum Gasteiger partial charge on any atom is -0.372 e. The van der Waals surface area contributed by atoms with Crippen LogP contribution in [0.4, 0.5) is 11.4 Å². The quantitative estimate of drug-likeness (QED) is 0.623. The number of hydrazone groups is 1. The number of rotatable bonds is 5. The van der Waals surface area contributed by atoms with Gasteiger partial charge in [0.1, 0.15) is 0 Å². The van der Waals surface area contributed by atoms with Crippen molar-refractivity contribution in [3.63, 3.8) is 0 Å². The summed E-state index contributed by atoms with van der Waals surface area (Å²) < 4.78 is 22.5. The summed E-state index contributed by atoms with van der Waals surface area (Å²) in [5.74, 6) is 0. The fourth-order valence-electron chi connectivity index (χ4n) is 3.00. The molecule has 3 N–H and O–H groups in total. The van der Waals surface area contributed by atoms with Crippen LogP contribution in [0.1, 0.15) is 31.7 Å². The molecule has 0 spiro atoms. The molecule has 138 valence electrons. The van der Waals surface area contributed by atoms with Crippen molar-refractivity contribution in [1.29, 1.82) is 0 Å². The third kappa shape index (κ3) is 4.62. The highest BCUT2D eigenvalue weighted by Gasteiger charge is 2.11. The van der Waals surface area contributed by atoms with E-state index in [1.807, 2.05) is 6.92 Å². The average molecular weight is 372 g/mol. The monoisotopic (exact) mass is 372 g/mol. The predicted octanol–water partition coefficient (Wildman–Crippen LogP) is 3.16. The maximum absolute atomic E-state index is 11.3. The topological polar surface area (TPSA) is 87.8 Å². The van der Waals surface area contributed by atoms with Crippen molar-refractivity contribution in [2.75, 3.05) is 23.4 Å². The van der Waals surface area contributed by atoms with E-state index in [2.05, 4.69) is 39.7 Å². The predicted molar refractivity (Wildman–Crippen MR) is 106 cm³/mol. The van der Waals surface area contributed by atoms with Gasteiger partial charge in [-0.2, -0.15) is 5.10 Å². The molecule has 2 aromatic carbocycles. The van der Waals surface area contributed by atoms with E-state index in [1.54, 1.807) is 12.1 Å². The molecule has 1 saturated heterocycles. The van der Waals surface area contributed by atoms with E-state index in [1.165, 1.54) is 37.1 Å². The molecule has 0 unspecified atom stereocenters. The van der Waals surface area contributed by atoms with Gasteiger partial charge in [-0.05, 0) is 68.1 Å². The summed E-state index contributed by atoms with van der Waals surface area (Å²) in [6, 6.07) is 14.6. The van der Waals surface area contributed by atoms with Crippen molar-refractivity contribution in [3.8, 4) is 0 Å². The summed E-state index contributed by atoms with van der Waals surface area (Å²) >= 11 is 0. The zero-order valence-electron chi connectivity index (χ0n) is 14.9. The van der Waals surface area contributed by atoms with Crippen LogP contribution in [0.3, 0.4) is 0 Å². The van der Waals surface area contributed by atoms with Gasteiger partial charge in [-0.3, -0.25) is 5.43 Å². The summed E-state index contributed by atoms with van der Waals surface area (Å²) in [4.78, 5) is 2.50. The lowest BCUT2D eigenvalue weighted by atomic mass is 10.1. The second kappa shape index (κ2) is 7.88. The second-order valence-corrected chi connectivity index (χ2v) is 8.03. The van der Waals surface area contributed by atoms with E-state index < -0.39 is 10.0 Å². The first-order valence-electron chi connectivity index (χ1n) is 8.72. The number of piperidine rings is 1. The van der Waals surface area contributed by atoms with Crippen molar-refractivity contribution in [2.45, 2.75) is 31.1 Å². The first kappa shape index (κ1) is 18.4.